The molecular formula is C24H28N4O3. The molecule has 162 valence electrons. The smallest absolute Gasteiger partial charge is 0.412 e. The highest BCUT2D eigenvalue weighted by atomic mass is 16.6. The number of aromatic nitrogens is 1. The van der Waals surface area contributed by atoms with Crippen LogP contribution in [-0.2, 0) is 11.3 Å². The van der Waals surface area contributed by atoms with Crippen LogP contribution in [0.25, 0.3) is 11.3 Å². The van der Waals surface area contributed by atoms with E-state index in [-0.39, 0.29) is 0 Å². The Balaban J connectivity index is 1.73. The Labute approximate surface area is 182 Å². The number of hydrogen-bond donors (Lipinski definition) is 4. The molecule has 2 aromatic carbocycles. The fourth-order valence-electron chi connectivity index (χ4n) is 3.21. The van der Waals surface area contributed by atoms with Gasteiger partial charge in [-0.2, -0.15) is 0 Å². The number of benzene rings is 2. The van der Waals surface area contributed by atoms with E-state index in [1.807, 2.05) is 76.2 Å². The third-order valence-corrected chi connectivity index (χ3v) is 4.55. The van der Waals surface area contributed by atoms with Crippen molar-refractivity contribution in [3.63, 3.8) is 0 Å². The molecule has 0 aliphatic rings. The summed E-state index contributed by atoms with van der Waals surface area (Å²) < 4.78 is 5.30. The summed E-state index contributed by atoms with van der Waals surface area (Å²) in [7, 11) is 0. The zero-order chi connectivity index (χ0) is 22.6. The van der Waals surface area contributed by atoms with Gasteiger partial charge in [0.05, 0.1) is 5.56 Å². The van der Waals surface area contributed by atoms with Crippen LogP contribution in [-0.4, -0.2) is 22.6 Å². The molecule has 0 aliphatic heterocycles. The summed E-state index contributed by atoms with van der Waals surface area (Å²) in [5.74, 6) is -0.459. The highest BCUT2D eigenvalue weighted by Gasteiger charge is 2.16. The van der Waals surface area contributed by atoms with Gasteiger partial charge in [0.1, 0.15) is 5.60 Å². The molecule has 0 unspecified atom stereocenters. The molecular weight excluding hydrogens is 392 g/mol. The first-order valence-electron chi connectivity index (χ1n) is 10.0. The van der Waals surface area contributed by atoms with Crippen molar-refractivity contribution in [3.05, 3.63) is 71.4 Å². The van der Waals surface area contributed by atoms with E-state index in [4.69, 9.17) is 10.5 Å². The molecule has 0 fully saturated rings. The number of primary amides is 1. The number of carbonyl (C=O) groups excluding carboxylic acids is 2. The van der Waals surface area contributed by atoms with Crippen molar-refractivity contribution in [2.24, 2.45) is 5.73 Å². The van der Waals surface area contributed by atoms with Crippen LogP contribution >= 0.6 is 0 Å². The second kappa shape index (κ2) is 8.95. The minimum Gasteiger partial charge on any atom is -0.444 e. The summed E-state index contributed by atoms with van der Waals surface area (Å²) in [4.78, 5) is 26.8. The van der Waals surface area contributed by atoms with Gasteiger partial charge in [0, 0.05) is 34.9 Å². The first kappa shape index (κ1) is 22.0. The van der Waals surface area contributed by atoms with E-state index in [2.05, 4.69) is 15.6 Å². The Bertz CT molecular complexity index is 1100. The Hall–Kier alpha value is -3.74. The van der Waals surface area contributed by atoms with Crippen LogP contribution in [0.2, 0.25) is 0 Å². The lowest BCUT2D eigenvalue weighted by Gasteiger charge is -2.19. The van der Waals surface area contributed by atoms with Crippen molar-refractivity contribution < 1.29 is 14.3 Å². The van der Waals surface area contributed by atoms with Gasteiger partial charge >= 0.3 is 6.09 Å². The topological polar surface area (TPSA) is 109 Å². The Morgan fingerprint density at radius 1 is 1.06 bits per heavy atom. The van der Waals surface area contributed by atoms with Gasteiger partial charge in [-0.1, -0.05) is 30.3 Å². The fraction of sp³-hybridized carbons (Fsp3) is 0.250. The molecule has 7 heteroatoms. The predicted molar refractivity (Wildman–Crippen MR) is 123 cm³/mol. The molecule has 0 atom stereocenters. The van der Waals surface area contributed by atoms with E-state index in [1.54, 1.807) is 6.07 Å². The first-order valence-corrected chi connectivity index (χ1v) is 10.0. The second-order valence-corrected chi connectivity index (χ2v) is 8.31. The van der Waals surface area contributed by atoms with Gasteiger partial charge in [0.25, 0.3) is 5.91 Å². The Kier molecular flexibility index (Phi) is 6.34. The van der Waals surface area contributed by atoms with E-state index in [0.717, 1.165) is 28.2 Å². The van der Waals surface area contributed by atoms with E-state index in [9.17, 15) is 9.59 Å². The van der Waals surface area contributed by atoms with Crippen molar-refractivity contribution in [3.8, 4) is 11.3 Å². The highest BCUT2D eigenvalue weighted by molar-refractivity contribution is 5.96. The number of carbonyl (C=O) groups is 2. The van der Waals surface area contributed by atoms with Crippen LogP contribution in [0, 0.1) is 6.92 Å². The average molecular weight is 421 g/mol. The number of ether oxygens (including phenoxy) is 1. The number of hydrogen-bond acceptors (Lipinski definition) is 4. The lowest BCUT2D eigenvalue weighted by molar-refractivity contribution is 0.0635. The van der Waals surface area contributed by atoms with Gasteiger partial charge < -0.3 is 20.8 Å². The number of amides is 2. The number of para-hydroxylation sites is 1. The fourth-order valence-corrected chi connectivity index (χ4v) is 3.21. The summed E-state index contributed by atoms with van der Waals surface area (Å²) in [6.07, 6.45) is -0.490. The minimum absolute atomic E-state index is 0.459. The predicted octanol–water partition coefficient (Wildman–Crippen LogP) is 5.05. The van der Waals surface area contributed by atoms with E-state index in [1.165, 1.54) is 0 Å². The van der Waals surface area contributed by atoms with Crippen molar-refractivity contribution >= 4 is 23.4 Å². The lowest BCUT2D eigenvalue weighted by Crippen LogP contribution is -2.27. The van der Waals surface area contributed by atoms with Gasteiger partial charge in [0.2, 0.25) is 0 Å². The van der Waals surface area contributed by atoms with E-state index in [0.29, 0.717) is 17.8 Å². The lowest BCUT2D eigenvalue weighted by atomic mass is 10.1. The van der Waals surface area contributed by atoms with Crippen LogP contribution < -0.4 is 16.4 Å². The van der Waals surface area contributed by atoms with Crippen LogP contribution in [0.5, 0.6) is 0 Å². The number of nitrogens with two attached hydrogens (primary N) is 1. The van der Waals surface area contributed by atoms with Crippen LogP contribution in [0.3, 0.4) is 0 Å². The standard InChI is InChI=1S/C24H28N4O3/c1-15-19(22(25)29)13-21(27-15)18-10-5-6-11-20(18)26-14-16-8-7-9-17(12-16)28-23(30)31-24(2,3)4/h5-13,26-27H,14H2,1-4H3,(H2,25,29)(H,28,30). The molecule has 1 heterocycles. The summed E-state index contributed by atoms with van der Waals surface area (Å²) in [6.45, 7) is 7.83. The van der Waals surface area contributed by atoms with Gasteiger partial charge in [0.15, 0.2) is 0 Å². The molecule has 1 aromatic heterocycles. The third-order valence-electron chi connectivity index (χ3n) is 4.55. The highest BCUT2D eigenvalue weighted by Crippen LogP contribution is 2.29. The SMILES string of the molecule is Cc1[nH]c(-c2ccccc2NCc2cccc(NC(=O)OC(C)(C)C)c2)cc1C(N)=O. The maximum absolute atomic E-state index is 12.0. The maximum atomic E-state index is 12.0. The summed E-state index contributed by atoms with van der Waals surface area (Å²) in [5, 5.41) is 6.18. The maximum Gasteiger partial charge on any atom is 0.412 e. The molecule has 31 heavy (non-hydrogen) atoms. The van der Waals surface area contributed by atoms with Crippen LogP contribution in [0.1, 0.15) is 42.4 Å². The second-order valence-electron chi connectivity index (χ2n) is 8.31. The zero-order valence-electron chi connectivity index (χ0n) is 18.2. The molecule has 5 N–H and O–H groups in total. The van der Waals surface area contributed by atoms with Crippen molar-refractivity contribution in [1.82, 2.24) is 4.98 Å². The van der Waals surface area contributed by atoms with E-state index < -0.39 is 17.6 Å². The summed E-state index contributed by atoms with van der Waals surface area (Å²) >= 11 is 0. The molecule has 3 rings (SSSR count). The molecule has 7 nitrogen and oxygen atoms in total. The summed E-state index contributed by atoms with van der Waals surface area (Å²) in [6, 6.07) is 17.1. The molecule has 0 saturated heterocycles. The molecule has 0 spiro atoms. The third kappa shape index (κ3) is 5.88. The van der Waals surface area contributed by atoms with Crippen molar-refractivity contribution in [2.75, 3.05) is 10.6 Å². The molecule has 2 amide bonds. The van der Waals surface area contributed by atoms with Crippen molar-refractivity contribution in [1.29, 1.82) is 0 Å². The molecule has 0 aliphatic carbocycles. The van der Waals surface area contributed by atoms with Gasteiger partial charge in [-0.05, 0) is 57.5 Å². The van der Waals surface area contributed by atoms with Crippen LogP contribution in [0.15, 0.2) is 54.6 Å². The Morgan fingerprint density at radius 2 is 1.81 bits per heavy atom. The zero-order valence-corrected chi connectivity index (χ0v) is 18.2. The monoisotopic (exact) mass is 420 g/mol. The van der Waals surface area contributed by atoms with Crippen LogP contribution in [0.4, 0.5) is 16.2 Å². The molecule has 0 bridgehead atoms. The number of nitrogens with one attached hydrogen (secondary N) is 3. The quantitative estimate of drug-likeness (QED) is 0.447. The first-order chi connectivity index (χ1) is 14.6. The van der Waals surface area contributed by atoms with Gasteiger partial charge in [-0.25, -0.2) is 4.79 Å². The van der Waals surface area contributed by atoms with Gasteiger partial charge in [-0.15, -0.1) is 0 Å². The van der Waals surface area contributed by atoms with Gasteiger partial charge in [-0.3, -0.25) is 10.1 Å². The number of H-pyrrole nitrogens is 1. The number of anilines is 2. The number of aryl methyl sites for hydroxylation is 1. The normalized spacial score (nSPS) is 11.1. The van der Waals surface area contributed by atoms with Crippen molar-refractivity contribution in [2.45, 2.75) is 39.8 Å². The molecule has 0 radical (unpaired) electrons. The Morgan fingerprint density at radius 3 is 2.48 bits per heavy atom. The van der Waals surface area contributed by atoms with E-state index >= 15 is 0 Å². The average Bonchev–Trinajstić information content (AvgIpc) is 3.07. The number of aromatic amines is 1. The molecule has 3 aromatic rings. The number of rotatable bonds is 6. The largest absolute Gasteiger partial charge is 0.444 e. The molecule has 0 saturated carbocycles. The summed E-state index contributed by atoms with van der Waals surface area (Å²) in [5.41, 5.74) is 10.4. The minimum atomic E-state index is -0.558.